The summed E-state index contributed by atoms with van der Waals surface area (Å²) in [5.74, 6) is -7.22. The van der Waals surface area contributed by atoms with Gasteiger partial charge in [-0.05, 0) is 32.0 Å². The summed E-state index contributed by atoms with van der Waals surface area (Å²) in [6.45, 7) is 2.74. The van der Waals surface area contributed by atoms with Crippen molar-refractivity contribution in [1.29, 1.82) is 0 Å². The van der Waals surface area contributed by atoms with Gasteiger partial charge >= 0.3 is 12.1 Å². The van der Waals surface area contributed by atoms with Crippen LogP contribution in [0.2, 0.25) is 0 Å². The lowest BCUT2D eigenvalue weighted by molar-refractivity contribution is -0.178. The van der Waals surface area contributed by atoms with Gasteiger partial charge in [-0.25, -0.2) is 8.42 Å². The Hall–Kier alpha value is -2.30. The fourth-order valence-electron chi connectivity index (χ4n) is 1.90. The molecule has 25 heavy (non-hydrogen) atoms. The summed E-state index contributed by atoms with van der Waals surface area (Å²) >= 11 is 0. The van der Waals surface area contributed by atoms with Crippen molar-refractivity contribution < 1.29 is 41.0 Å². The molecule has 1 aromatic carbocycles. The molecule has 1 atom stereocenters. The van der Waals surface area contributed by atoms with E-state index in [0.29, 0.717) is 0 Å². The number of sulfonamides is 1. The number of phenolic OH excluding ortho intramolecular Hbond substituents is 1. The predicted octanol–water partition coefficient (Wildman–Crippen LogP) is 1.93. The van der Waals surface area contributed by atoms with Crippen LogP contribution in [0.5, 0.6) is 5.75 Å². The lowest BCUT2D eigenvalue weighted by atomic mass is 9.93. The standard InChI is InChI=1S/C14H16F3NO6S/c1-7(2)24-13(21)11(12(20)14(15,16)17)9-6-8(4-5-10(9)19)18-25(3,22)23/h4-7,11,18-19H,1-3H3/t11-/m1/s1. The second-order valence-corrected chi connectivity index (χ2v) is 7.18. The first-order valence-electron chi connectivity index (χ1n) is 6.84. The highest BCUT2D eigenvalue weighted by atomic mass is 32.2. The molecule has 2 N–H and O–H groups in total. The Morgan fingerprint density at radius 2 is 1.80 bits per heavy atom. The first-order valence-corrected chi connectivity index (χ1v) is 8.73. The zero-order valence-electron chi connectivity index (χ0n) is 13.4. The third kappa shape index (κ3) is 5.93. The summed E-state index contributed by atoms with van der Waals surface area (Å²) in [5, 5.41) is 9.80. The summed E-state index contributed by atoms with van der Waals surface area (Å²) < 4.78 is 67.6. The molecule has 0 saturated heterocycles. The number of ether oxygens (including phenoxy) is 1. The molecule has 11 heteroatoms. The average molecular weight is 383 g/mol. The van der Waals surface area contributed by atoms with Gasteiger partial charge in [0.25, 0.3) is 5.78 Å². The van der Waals surface area contributed by atoms with Crippen molar-refractivity contribution in [3.63, 3.8) is 0 Å². The molecule has 0 amide bonds. The topological polar surface area (TPSA) is 110 Å². The van der Waals surface area contributed by atoms with Crippen LogP contribution in [0.1, 0.15) is 25.3 Å². The number of ketones is 1. The number of carbonyl (C=O) groups is 2. The third-order valence-corrected chi connectivity index (χ3v) is 3.38. The van der Waals surface area contributed by atoms with E-state index in [2.05, 4.69) is 4.74 Å². The first-order chi connectivity index (χ1) is 11.2. The number of esters is 1. The molecule has 0 aliphatic carbocycles. The van der Waals surface area contributed by atoms with E-state index >= 15 is 0 Å². The third-order valence-electron chi connectivity index (χ3n) is 2.77. The molecule has 140 valence electrons. The summed E-state index contributed by atoms with van der Waals surface area (Å²) in [5.41, 5.74) is -0.950. The van der Waals surface area contributed by atoms with Gasteiger partial charge in [-0.1, -0.05) is 0 Å². The molecule has 0 spiro atoms. The van der Waals surface area contributed by atoms with Crippen LogP contribution in [0, 0.1) is 0 Å². The van der Waals surface area contributed by atoms with E-state index < -0.39 is 51.3 Å². The van der Waals surface area contributed by atoms with Gasteiger partial charge in [-0.2, -0.15) is 13.2 Å². The lowest BCUT2D eigenvalue weighted by Crippen LogP contribution is -2.35. The lowest BCUT2D eigenvalue weighted by Gasteiger charge is -2.20. The summed E-state index contributed by atoms with van der Waals surface area (Å²) in [6.07, 6.45) is -5.38. The number of alkyl halides is 3. The quantitative estimate of drug-likeness (QED) is 0.441. The maximum atomic E-state index is 12.8. The normalized spacial score (nSPS) is 13.4. The Balaban J connectivity index is 3.46. The molecule has 0 fully saturated rings. The minimum absolute atomic E-state index is 0.229. The molecule has 0 heterocycles. The number of anilines is 1. The Morgan fingerprint density at radius 3 is 2.24 bits per heavy atom. The molecular formula is C14H16F3NO6S. The summed E-state index contributed by atoms with van der Waals surface area (Å²) in [7, 11) is -3.78. The van der Waals surface area contributed by atoms with Crippen LogP contribution in [0.4, 0.5) is 18.9 Å². The summed E-state index contributed by atoms with van der Waals surface area (Å²) in [4.78, 5) is 23.7. The highest BCUT2D eigenvalue weighted by molar-refractivity contribution is 7.92. The number of halogens is 3. The van der Waals surface area contributed by atoms with Crippen molar-refractivity contribution >= 4 is 27.5 Å². The number of aromatic hydroxyl groups is 1. The fraction of sp³-hybridized carbons (Fsp3) is 0.429. The number of rotatable bonds is 6. The number of Topliss-reactive ketones (excluding diaryl/α,β-unsaturated/α-hetero) is 1. The monoisotopic (exact) mass is 383 g/mol. The van der Waals surface area contributed by atoms with Crippen LogP contribution < -0.4 is 4.72 Å². The van der Waals surface area contributed by atoms with Crippen LogP contribution in [0.15, 0.2) is 18.2 Å². The second kappa shape index (κ2) is 7.30. The number of phenols is 1. The largest absolute Gasteiger partial charge is 0.508 e. The van der Waals surface area contributed by atoms with Gasteiger partial charge in [0.05, 0.1) is 12.4 Å². The minimum Gasteiger partial charge on any atom is -0.508 e. The zero-order chi connectivity index (χ0) is 19.6. The van der Waals surface area contributed by atoms with E-state index in [1.54, 1.807) is 0 Å². The van der Waals surface area contributed by atoms with E-state index in [9.17, 15) is 36.3 Å². The van der Waals surface area contributed by atoms with Crippen LogP contribution in [0.3, 0.4) is 0 Å². The van der Waals surface area contributed by atoms with Crippen molar-refractivity contribution in [1.82, 2.24) is 0 Å². The van der Waals surface area contributed by atoms with Crippen molar-refractivity contribution in [3.8, 4) is 5.75 Å². The van der Waals surface area contributed by atoms with Gasteiger partial charge in [0.1, 0.15) is 5.75 Å². The van der Waals surface area contributed by atoms with Gasteiger partial charge in [0.15, 0.2) is 5.92 Å². The predicted molar refractivity (Wildman–Crippen MR) is 81.6 cm³/mol. The highest BCUT2D eigenvalue weighted by Crippen LogP contribution is 2.35. The van der Waals surface area contributed by atoms with E-state index in [1.165, 1.54) is 13.8 Å². The number of benzene rings is 1. The number of hydrogen-bond donors (Lipinski definition) is 2. The molecule has 1 aromatic rings. The molecule has 0 aromatic heterocycles. The molecule has 7 nitrogen and oxygen atoms in total. The molecule has 0 aliphatic rings. The number of hydrogen-bond acceptors (Lipinski definition) is 6. The maximum absolute atomic E-state index is 12.8. The van der Waals surface area contributed by atoms with E-state index in [4.69, 9.17) is 0 Å². The van der Waals surface area contributed by atoms with Crippen molar-refractivity contribution in [2.45, 2.75) is 32.0 Å². The number of carbonyl (C=O) groups excluding carboxylic acids is 2. The Kier molecular flexibility index (Phi) is 6.05. The van der Waals surface area contributed by atoms with E-state index in [1.807, 2.05) is 4.72 Å². The van der Waals surface area contributed by atoms with Gasteiger partial charge in [0.2, 0.25) is 10.0 Å². The van der Waals surface area contributed by atoms with E-state index in [-0.39, 0.29) is 5.69 Å². The molecule has 0 bridgehead atoms. The minimum atomic E-state index is -5.37. The fourth-order valence-corrected chi connectivity index (χ4v) is 2.46. The van der Waals surface area contributed by atoms with Crippen LogP contribution in [-0.4, -0.2) is 43.8 Å². The SMILES string of the molecule is CC(C)OC(=O)[C@@H](C(=O)C(F)(F)F)c1cc(NS(C)(=O)=O)ccc1O. The molecular weight excluding hydrogens is 367 g/mol. The molecule has 1 rings (SSSR count). The number of nitrogens with one attached hydrogen (secondary N) is 1. The van der Waals surface area contributed by atoms with E-state index in [0.717, 1.165) is 24.5 Å². The first kappa shape index (κ1) is 20.7. The molecule has 0 radical (unpaired) electrons. The van der Waals surface area contributed by atoms with Gasteiger partial charge in [0, 0.05) is 11.3 Å². The average Bonchev–Trinajstić information content (AvgIpc) is 2.38. The van der Waals surface area contributed by atoms with Crippen LogP contribution >= 0.6 is 0 Å². The van der Waals surface area contributed by atoms with Gasteiger partial charge in [-0.15, -0.1) is 0 Å². The van der Waals surface area contributed by atoms with Crippen LogP contribution in [0.25, 0.3) is 0 Å². The Bertz CT molecular complexity index is 773. The van der Waals surface area contributed by atoms with Crippen molar-refractivity contribution in [2.75, 3.05) is 11.0 Å². The van der Waals surface area contributed by atoms with Gasteiger partial charge < -0.3 is 9.84 Å². The Morgan fingerprint density at radius 1 is 1.24 bits per heavy atom. The van der Waals surface area contributed by atoms with Crippen molar-refractivity contribution in [3.05, 3.63) is 23.8 Å². The van der Waals surface area contributed by atoms with Crippen molar-refractivity contribution in [2.24, 2.45) is 0 Å². The molecule has 0 aliphatic heterocycles. The zero-order valence-corrected chi connectivity index (χ0v) is 14.2. The highest BCUT2D eigenvalue weighted by Gasteiger charge is 2.48. The maximum Gasteiger partial charge on any atom is 0.451 e. The smallest absolute Gasteiger partial charge is 0.451 e. The molecule has 0 unspecified atom stereocenters. The molecule has 0 saturated carbocycles. The Labute approximate surface area is 141 Å². The summed E-state index contributed by atoms with van der Waals surface area (Å²) in [6, 6.07) is 2.69. The van der Waals surface area contributed by atoms with Gasteiger partial charge in [-0.3, -0.25) is 14.3 Å². The van der Waals surface area contributed by atoms with Crippen LogP contribution in [-0.2, 0) is 24.3 Å². The second-order valence-electron chi connectivity index (χ2n) is 5.43.